The minimum atomic E-state index is -4.76. The van der Waals surface area contributed by atoms with Crippen LogP contribution in [0.2, 0.25) is 0 Å². The summed E-state index contributed by atoms with van der Waals surface area (Å²) >= 11 is 0. The third kappa shape index (κ3) is 5.05. The number of anilines is 3. The molecule has 0 atom stereocenters. The Kier molecular flexibility index (Phi) is 5.66. The van der Waals surface area contributed by atoms with Crippen LogP contribution in [-0.2, 0) is 12.4 Å². The van der Waals surface area contributed by atoms with Gasteiger partial charge in [-0.2, -0.15) is 31.3 Å². The van der Waals surface area contributed by atoms with Crippen molar-refractivity contribution >= 4 is 17.5 Å². The van der Waals surface area contributed by atoms with Crippen molar-refractivity contribution in [3.8, 4) is 0 Å². The standard InChI is InChI=1S/C18H18F6N4/c19-17(20,21)12-8-4-5-9-13(12)26-15-10-14(18(22,23)24)27-16(28-15)25-11-6-2-1-3-7-11/h4-5,8-11H,1-3,6-7H2,(H2,25,26,27,28). The van der Waals surface area contributed by atoms with Crippen molar-refractivity contribution in [3.63, 3.8) is 0 Å². The van der Waals surface area contributed by atoms with Gasteiger partial charge in [0, 0.05) is 12.1 Å². The predicted molar refractivity (Wildman–Crippen MR) is 92.3 cm³/mol. The fraction of sp³-hybridized carbons (Fsp3) is 0.444. The maximum atomic E-state index is 13.2. The molecule has 1 saturated carbocycles. The number of nitrogens with zero attached hydrogens (tertiary/aromatic N) is 2. The number of hydrogen-bond acceptors (Lipinski definition) is 4. The van der Waals surface area contributed by atoms with E-state index in [-0.39, 0.29) is 23.5 Å². The number of para-hydroxylation sites is 1. The van der Waals surface area contributed by atoms with Crippen LogP contribution in [0.4, 0.5) is 43.8 Å². The van der Waals surface area contributed by atoms with Crippen LogP contribution in [0.5, 0.6) is 0 Å². The molecule has 28 heavy (non-hydrogen) atoms. The maximum absolute atomic E-state index is 13.2. The summed E-state index contributed by atoms with van der Waals surface area (Å²) in [6.45, 7) is 0. The molecule has 10 heteroatoms. The van der Waals surface area contributed by atoms with Gasteiger partial charge in [0.1, 0.15) is 5.82 Å². The summed E-state index contributed by atoms with van der Waals surface area (Å²) in [4.78, 5) is 7.46. The van der Waals surface area contributed by atoms with E-state index in [4.69, 9.17) is 0 Å². The molecule has 152 valence electrons. The van der Waals surface area contributed by atoms with Gasteiger partial charge in [0.05, 0.1) is 11.3 Å². The smallest absolute Gasteiger partial charge is 0.351 e. The van der Waals surface area contributed by atoms with Crippen LogP contribution in [0, 0.1) is 0 Å². The van der Waals surface area contributed by atoms with Gasteiger partial charge in [-0.05, 0) is 25.0 Å². The average molecular weight is 404 g/mol. The van der Waals surface area contributed by atoms with Crippen molar-refractivity contribution < 1.29 is 26.3 Å². The zero-order valence-corrected chi connectivity index (χ0v) is 14.7. The predicted octanol–water partition coefficient (Wildman–Crippen LogP) is 6.00. The van der Waals surface area contributed by atoms with Crippen molar-refractivity contribution in [2.24, 2.45) is 0 Å². The Hall–Kier alpha value is -2.52. The molecule has 0 aliphatic heterocycles. The second-order valence-corrected chi connectivity index (χ2v) is 6.61. The molecule has 2 aromatic rings. The Labute approximate surface area is 157 Å². The number of nitrogens with one attached hydrogen (secondary N) is 2. The largest absolute Gasteiger partial charge is 0.433 e. The number of hydrogen-bond donors (Lipinski definition) is 2. The monoisotopic (exact) mass is 404 g/mol. The van der Waals surface area contributed by atoms with Crippen molar-refractivity contribution in [2.75, 3.05) is 10.6 Å². The highest BCUT2D eigenvalue weighted by molar-refractivity contribution is 5.62. The molecular formula is C18H18F6N4. The van der Waals surface area contributed by atoms with Crippen LogP contribution in [0.3, 0.4) is 0 Å². The van der Waals surface area contributed by atoms with Gasteiger partial charge in [-0.1, -0.05) is 31.4 Å². The Morgan fingerprint density at radius 3 is 2.18 bits per heavy atom. The normalized spacial score (nSPS) is 16.1. The van der Waals surface area contributed by atoms with Gasteiger partial charge in [0.15, 0.2) is 5.69 Å². The Bertz CT molecular complexity index is 812. The lowest BCUT2D eigenvalue weighted by Crippen LogP contribution is -2.24. The number of halogens is 6. The summed E-state index contributed by atoms with van der Waals surface area (Å²) in [5, 5.41) is 5.24. The SMILES string of the molecule is FC(F)(F)c1cc(Nc2ccccc2C(F)(F)F)nc(NC2CCCCC2)n1. The Morgan fingerprint density at radius 2 is 1.54 bits per heavy atom. The molecule has 0 radical (unpaired) electrons. The fourth-order valence-corrected chi connectivity index (χ4v) is 3.13. The van der Waals surface area contributed by atoms with E-state index in [2.05, 4.69) is 20.6 Å². The lowest BCUT2D eigenvalue weighted by molar-refractivity contribution is -0.141. The maximum Gasteiger partial charge on any atom is 0.433 e. The molecule has 2 N–H and O–H groups in total. The van der Waals surface area contributed by atoms with Crippen LogP contribution in [0.15, 0.2) is 30.3 Å². The zero-order valence-electron chi connectivity index (χ0n) is 14.7. The molecular weight excluding hydrogens is 386 g/mol. The van der Waals surface area contributed by atoms with Crippen LogP contribution < -0.4 is 10.6 Å². The van der Waals surface area contributed by atoms with E-state index in [1.54, 1.807) is 0 Å². The minimum Gasteiger partial charge on any atom is -0.351 e. The molecule has 3 rings (SSSR count). The quantitative estimate of drug-likeness (QED) is 0.614. The van der Waals surface area contributed by atoms with Crippen molar-refractivity contribution in [2.45, 2.75) is 50.5 Å². The number of rotatable bonds is 4. The second-order valence-electron chi connectivity index (χ2n) is 6.61. The first-order valence-corrected chi connectivity index (χ1v) is 8.79. The second kappa shape index (κ2) is 7.84. The molecule has 1 aliphatic carbocycles. The van der Waals surface area contributed by atoms with E-state index in [1.165, 1.54) is 12.1 Å². The molecule has 1 aromatic heterocycles. The van der Waals surface area contributed by atoms with E-state index in [9.17, 15) is 26.3 Å². The van der Waals surface area contributed by atoms with Gasteiger partial charge in [-0.15, -0.1) is 0 Å². The van der Waals surface area contributed by atoms with Gasteiger partial charge >= 0.3 is 12.4 Å². The summed E-state index contributed by atoms with van der Waals surface area (Å²) in [7, 11) is 0. The molecule has 4 nitrogen and oxygen atoms in total. The minimum absolute atomic E-state index is 0.0625. The molecule has 1 aliphatic rings. The molecule has 1 aromatic carbocycles. The van der Waals surface area contributed by atoms with Gasteiger partial charge in [0.25, 0.3) is 0 Å². The van der Waals surface area contributed by atoms with Gasteiger partial charge in [0.2, 0.25) is 5.95 Å². The summed E-state index contributed by atoms with van der Waals surface area (Å²) in [5.41, 5.74) is -2.61. The lowest BCUT2D eigenvalue weighted by atomic mass is 9.96. The molecule has 0 saturated heterocycles. The summed E-state index contributed by atoms with van der Waals surface area (Å²) in [5.74, 6) is -0.619. The Balaban J connectivity index is 1.93. The van der Waals surface area contributed by atoms with Gasteiger partial charge < -0.3 is 10.6 Å². The van der Waals surface area contributed by atoms with E-state index >= 15 is 0 Å². The summed E-state index contributed by atoms with van der Waals surface area (Å²) < 4.78 is 79.1. The van der Waals surface area contributed by atoms with Crippen LogP contribution >= 0.6 is 0 Å². The third-order valence-electron chi connectivity index (χ3n) is 4.45. The highest BCUT2D eigenvalue weighted by atomic mass is 19.4. The molecule has 0 bridgehead atoms. The van der Waals surface area contributed by atoms with E-state index in [0.717, 1.165) is 44.2 Å². The first kappa shape index (κ1) is 20.2. The lowest BCUT2D eigenvalue weighted by Gasteiger charge is -2.23. The van der Waals surface area contributed by atoms with E-state index in [0.29, 0.717) is 6.07 Å². The highest BCUT2D eigenvalue weighted by Gasteiger charge is 2.35. The van der Waals surface area contributed by atoms with Crippen LogP contribution in [0.25, 0.3) is 0 Å². The Morgan fingerprint density at radius 1 is 0.857 bits per heavy atom. The molecule has 0 spiro atoms. The number of aromatic nitrogens is 2. The van der Waals surface area contributed by atoms with Crippen LogP contribution in [0.1, 0.15) is 43.4 Å². The number of benzene rings is 1. The first-order valence-electron chi connectivity index (χ1n) is 8.79. The van der Waals surface area contributed by atoms with E-state index in [1.807, 2.05) is 0 Å². The molecule has 1 fully saturated rings. The number of alkyl halides is 6. The van der Waals surface area contributed by atoms with Gasteiger partial charge in [-0.3, -0.25) is 0 Å². The van der Waals surface area contributed by atoms with E-state index < -0.39 is 23.6 Å². The topological polar surface area (TPSA) is 49.8 Å². The molecule has 1 heterocycles. The van der Waals surface area contributed by atoms with Crippen molar-refractivity contribution in [1.82, 2.24) is 9.97 Å². The third-order valence-corrected chi connectivity index (χ3v) is 4.45. The summed E-state index contributed by atoms with van der Waals surface area (Å²) in [6, 6.07) is 5.06. The fourth-order valence-electron chi connectivity index (χ4n) is 3.13. The van der Waals surface area contributed by atoms with Crippen molar-refractivity contribution in [1.29, 1.82) is 0 Å². The summed E-state index contributed by atoms with van der Waals surface area (Å²) in [6.07, 6.45) is -4.92. The zero-order chi connectivity index (χ0) is 20.4. The van der Waals surface area contributed by atoms with Gasteiger partial charge in [-0.25, -0.2) is 4.98 Å². The average Bonchev–Trinajstić information content (AvgIpc) is 2.61. The first-order chi connectivity index (χ1) is 13.1. The molecule has 0 amide bonds. The van der Waals surface area contributed by atoms with Crippen molar-refractivity contribution in [3.05, 3.63) is 41.6 Å². The molecule has 0 unspecified atom stereocenters. The highest BCUT2D eigenvalue weighted by Crippen LogP contribution is 2.37. The van der Waals surface area contributed by atoms with Crippen LogP contribution in [-0.4, -0.2) is 16.0 Å².